The van der Waals surface area contributed by atoms with Gasteiger partial charge >= 0.3 is 6.18 Å². The molecule has 0 aliphatic carbocycles. The van der Waals surface area contributed by atoms with Crippen LogP contribution in [0.15, 0.2) is 0 Å². The molecule has 1 heterocycles. The molecule has 0 aromatic carbocycles. The van der Waals surface area contributed by atoms with Crippen LogP contribution in [0.2, 0.25) is 0 Å². The molecule has 1 rings (SSSR count). The quantitative estimate of drug-likeness (QED) is 0.700. The number of hydrogen-bond acceptors (Lipinski definition) is 3. The van der Waals surface area contributed by atoms with Crippen LogP contribution >= 0.6 is 0 Å². The number of nitrogens with two attached hydrogens (primary N) is 1. The summed E-state index contributed by atoms with van der Waals surface area (Å²) in [6.45, 7) is 0.121. The van der Waals surface area contributed by atoms with E-state index in [0.29, 0.717) is 0 Å². The molecule has 9 heteroatoms. The zero-order valence-corrected chi connectivity index (χ0v) is 8.82. The van der Waals surface area contributed by atoms with Crippen molar-refractivity contribution in [3.05, 3.63) is 0 Å². The lowest BCUT2D eigenvalue weighted by molar-refractivity contribution is -0.121. The van der Waals surface area contributed by atoms with Crippen LogP contribution in [-0.4, -0.2) is 44.1 Å². The predicted octanol–water partition coefficient (Wildman–Crippen LogP) is -0.584. The molecule has 0 aromatic rings. The summed E-state index contributed by atoms with van der Waals surface area (Å²) in [4.78, 5) is 0. The molecule has 0 aromatic heterocycles. The molecule has 3 N–H and O–H groups in total. The standard InChI is InChI=1S/C6H12F3N3O2S/c1-5(10)3-12(4-5)15(13,14)11-2-6(7,8)9/h11H,2-4,10H2,1H3. The molecule has 0 radical (unpaired) electrons. The Balaban J connectivity index is 2.48. The average Bonchev–Trinajstić information content (AvgIpc) is 1.95. The fourth-order valence-electron chi connectivity index (χ4n) is 1.19. The van der Waals surface area contributed by atoms with Gasteiger partial charge in [0.05, 0.1) is 0 Å². The number of alkyl halides is 3. The molecule has 5 nitrogen and oxygen atoms in total. The normalized spacial score (nSPS) is 22.5. The third-order valence-corrected chi connectivity index (χ3v) is 3.32. The Labute approximate surface area is 85.6 Å². The van der Waals surface area contributed by atoms with Crippen LogP contribution < -0.4 is 10.5 Å². The van der Waals surface area contributed by atoms with Crippen molar-refractivity contribution < 1.29 is 21.6 Å². The Morgan fingerprint density at radius 1 is 1.47 bits per heavy atom. The van der Waals surface area contributed by atoms with Crippen molar-refractivity contribution in [2.45, 2.75) is 18.6 Å². The molecule has 1 saturated heterocycles. The van der Waals surface area contributed by atoms with Gasteiger partial charge in [0.25, 0.3) is 10.2 Å². The van der Waals surface area contributed by atoms with Crippen molar-refractivity contribution in [2.75, 3.05) is 19.6 Å². The van der Waals surface area contributed by atoms with E-state index in [0.717, 1.165) is 4.31 Å². The fraction of sp³-hybridized carbons (Fsp3) is 1.00. The van der Waals surface area contributed by atoms with Crippen LogP contribution in [0, 0.1) is 0 Å². The van der Waals surface area contributed by atoms with Crippen molar-refractivity contribution in [3.8, 4) is 0 Å². The van der Waals surface area contributed by atoms with Crippen molar-refractivity contribution >= 4 is 10.2 Å². The van der Waals surface area contributed by atoms with Crippen molar-refractivity contribution in [3.63, 3.8) is 0 Å². The smallest absolute Gasteiger partial charge is 0.323 e. The minimum Gasteiger partial charge on any atom is -0.323 e. The lowest BCUT2D eigenvalue weighted by atomic mass is 9.97. The third kappa shape index (κ3) is 3.59. The highest BCUT2D eigenvalue weighted by molar-refractivity contribution is 7.87. The second-order valence-electron chi connectivity index (χ2n) is 3.86. The average molecular weight is 247 g/mol. The molecule has 1 aliphatic rings. The minimum absolute atomic E-state index is 0.0280. The fourth-order valence-corrected chi connectivity index (χ4v) is 2.65. The zero-order chi connectivity index (χ0) is 11.9. The van der Waals surface area contributed by atoms with Gasteiger partial charge in [-0.05, 0) is 6.92 Å². The highest BCUT2D eigenvalue weighted by Gasteiger charge is 2.43. The first kappa shape index (κ1) is 12.7. The summed E-state index contributed by atoms with van der Waals surface area (Å²) in [6, 6.07) is 0. The summed E-state index contributed by atoms with van der Waals surface area (Å²) in [7, 11) is -4.04. The number of hydrogen-bond donors (Lipinski definition) is 2. The second-order valence-corrected chi connectivity index (χ2v) is 5.62. The van der Waals surface area contributed by atoms with Gasteiger partial charge < -0.3 is 5.73 Å². The highest BCUT2D eigenvalue weighted by atomic mass is 32.2. The largest absolute Gasteiger partial charge is 0.402 e. The number of nitrogens with one attached hydrogen (secondary N) is 1. The first-order valence-corrected chi connectivity index (χ1v) is 5.56. The number of rotatable bonds is 3. The van der Waals surface area contributed by atoms with Crippen LogP contribution in [0.1, 0.15) is 6.92 Å². The van der Waals surface area contributed by atoms with Crippen molar-refractivity contribution in [2.24, 2.45) is 5.73 Å². The van der Waals surface area contributed by atoms with E-state index in [4.69, 9.17) is 5.73 Å². The van der Waals surface area contributed by atoms with E-state index in [-0.39, 0.29) is 13.1 Å². The van der Waals surface area contributed by atoms with Gasteiger partial charge in [0.1, 0.15) is 6.54 Å². The lowest BCUT2D eigenvalue weighted by Crippen LogP contribution is -2.68. The van der Waals surface area contributed by atoms with Crippen LogP contribution in [0.5, 0.6) is 0 Å². The molecule has 1 fully saturated rings. The van der Waals surface area contributed by atoms with E-state index in [2.05, 4.69) is 0 Å². The van der Waals surface area contributed by atoms with E-state index in [1.54, 1.807) is 6.92 Å². The lowest BCUT2D eigenvalue weighted by Gasteiger charge is -2.43. The highest BCUT2D eigenvalue weighted by Crippen LogP contribution is 2.21. The molecule has 0 saturated carbocycles. The maximum atomic E-state index is 11.8. The monoisotopic (exact) mass is 247 g/mol. The predicted molar refractivity (Wildman–Crippen MR) is 47.1 cm³/mol. The van der Waals surface area contributed by atoms with Gasteiger partial charge in [0.15, 0.2) is 0 Å². The topological polar surface area (TPSA) is 75.4 Å². The zero-order valence-electron chi connectivity index (χ0n) is 8.00. The van der Waals surface area contributed by atoms with Crippen LogP contribution in [-0.2, 0) is 10.2 Å². The van der Waals surface area contributed by atoms with Crippen LogP contribution in [0.3, 0.4) is 0 Å². The summed E-state index contributed by atoms with van der Waals surface area (Å²) in [6.07, 6.45) is -4.55. The van der Waals surface area contributed by atoms with Crippen molar-refractivity contribution in [1.82, 2.24) is 9.03 Å². The van der Waals surface area contributed by atoms with Crippen LogP contribution in [0.25, 0.3) is 0 Å². The Morgan fingerprint density at radius 3 is 2.27 bits per heavy atom. The molecular formula is C6H12F3N3O2S. The van der Waals surface area contributed by atoms with E-state index in [1.807, 2.05) is 0 Å². The second kappa shape index (κ2) is 3.58. The van der Waals surface area contributed by atoms with Crippen LogP contribution in [0.4, 0.5) is 13.2 Å². The minimum atomic E-state index is -4.55. The van der Waals surface area contributed by atoms with Gasteiger partial charge in [-0.15, -0.1) is 0 Å². The van der Waals surface area contributed by atoms with Gasteiger partial charge in [0.2, 0.25) is 0 Å². The Morgan fingerprint density at radius 2 is 1.93 bits per heavy atom. The van der Waals surface area contributed by atoms with Gasteiger partial charge in [-0.3, -0.25) is 0 Å². The number of halogens is 3. The van der Waals surface area contributed by atoms with E-state index < -0.39 is 28.5 Å². The SMILES string of the molecule is CC1(N)CN(S(=O)(=O)NCC(F)(F)F)C1. The summed E-state index contributed by atoms with van der Waals surface area (Å²) in [5.41, 5.74) is 4.89. The van der Waals surface area contributed by atoms with Gasteiger partial charge in [-0.1, -0.05) is 0 Å². The van der Waals surface area contributed by atoms with E-state index in [9.17, 15) is 21.6 Å². The Hall–Kier alpha value is -0.380. The van der Waals surface area contributed by atoms with E-state index >= 15 is 0 Å². The molecule has 90 valence electrons. The van der Waals surface area contributed by atoms with Gasteiger partial charge in [0, 0.05) is 18.6 Å². The summed E-state index contributed by atoms with van der Waals surface area (Å²) in [5.74, 6) is 0. The van der Waals surface area contributed by atoms with Crippen molar-refractivity contribution in [1.29, 1.82) is 0 Å². The Kier molecular flexibility index (Phi) is 3.03. The molecule has 1 aliphatic heterocycles. The molecular weight excluding hydrogens is 235 g/mol. The summed E-state index contributed by atoms with van der Waals surface area (Å²) < 4.78 is 60.0. The van der Waals surface area contributed by atoms with Gasteiger partial charge in [-0.25, -0.2) is 0 Å². The molecule has 0 spiro atoms. The summed E-state index contributed by atoms with van der Waals surface area (Å²) >= 11 is 0. The maximum Gasteiger partial charge on any atom is 0.402 e. The third-order valence-electron chi connectivity index (χ3n) is 1.87. The molecule has 15 heavy (non-hydrogen) atoms. The first-order chi connectivity index (χ1) is 6.52. The molecule has 0 atom stereocenters. The molecule has 0 unspecified atom stereocenters. The molecule has 0 bridgehead atoms. The van der Waals surface area contributed by atoms with E-state index in [1.165, 1.54) is 4.72 Å². The summed E-state index contributed by atoms with van der Waals surface area (Å²) in [5, 5.41) is 0. The first-order valence-electron chi connectivity index (χ1n) is 4.12. The maximum absolute atomic E-state index is 11.8. The Bertz CT molecular complexity index is 330. The number of nitrogens with zero attached hydrogens (tertiary/aromatic N) is 1. The van der Waals surface area contributed by atoms with Gasteiger partial charge in [-0.2, -0.15) is 30.6 Å². The molecule has 0 amide bonds.